The van der Waals surface area contributed by atoms with Crippen molar-refractivity contribution in [1.29, 1.82) is 0 Å². The zero-order chi connectivity index (χ0) is 21.3. The molecule has 0 saturated heterocycles. The van der Waals surface area contributed by atoms with Gasteiger partial charge >= 0.3 is 5.97 Å². The zero-order valence-corrected chi connectivity index (χ0v) is 16.5. The summed E-state index contributed by atoms with van der Waals surface area (Å²) in [5, 5.41) is 3.76. The molecule has 1 aliphatic rings. The number of hydrogen-bond donors (Lipinski definition) is 0. The van der Waals surface area contributed by atoms with Crippen molar-refractivity contribution in [2.24, 2.45) is 0 Å². The highest BCUT2D eigenvalue weighted by Crippen LogP contribution is 2.37. The van der Waals surface area contributed by atoms with Crippen molar-refractivity contribution < 1.29 is 28.0 Å². The lowest BCUT2D eigenvalue weighted by Gasteiger charge is -2.07. The molecule has 30 heavy (non-hydrogen) atoms. The quantitative estimate of drug-likeness (QED) is 0.326. The Hall–Kier alpha value is -3.45. The second kappa shape index (κ2) is 8.12. The number of halogens is 2. The van der Waals surface area contributed by atoms with Crippen LogP contribution in [0.2, 0.25) is 5.15 Å². The molecule has 0 aliphatic carbocycles. The minimum Gasteiger partial charge on any atom is -0.452 e. The largest absolute Gasteiger partial charge is 0.452 e. The van der Waals surface area contributed by atoms with E-state index in [1.165, 1.54) is 30.3 Å². The van der Waals surface area contributed by atoms with Gasteiger partial charge in [0.1, 0.15) is 23.1 Å². The third-order valence-electron chi connectivity index (χ3n) is 4.43. The summed E-state index contributed by atoms with van der Waals surface area (Å²) in [5.41, 5.74) is 1.49. The number of fused-ring (bicyclic) bond motifs is 1. The van der Waals surface area contributed by atoms with Gasteiger partial charge in [-0.2, -0.15) is 0 Å². The highest BCUT2D eigenvalue weighted by molar-refractivity contribution is 6.29. The van der Waals surface area contributed by atoms with Crippen LogP contribution in [0.15, 0.2) is 52.7 Å². The summed E-state index contributed by atoms with van der Waals surface area (Å²) in [6, 6.07) is 10.4. The second-order valence-corrected chi connectivity index (χ2v) is 7.09. The summed E-state index contributed by atoms with van der Waals surface area (Å²) in [5.74, 6) is -0.120. The van der Waals surface area contributed by atoms with E-state index in [9.17, 15) is 14.0 Å². The summed E-state index contributed by atoms with van der Waals surface area (Å²) >= 11 is 5.67. The lowest BCUT2D eigenvalue weighted by Crippen LogP contribution is -2.09. The molecule has 0 amide bonds. The second-order valence-electron chi connectivity index (χ2n) is 6.70. The number of aromatic nitrogens is 1. The molecule has 0 spiro atoms. The molecule has 6 nitrogen and oxygen atoms in total. The first kappa shape index (κ1) is 19.8. The van der Waals surface area contributed by atoms with Crippen LogP contribution < -0.4 is 9.47 Å². The minimum absolute atomic E-state index is 0.0617. The number of carbonyl (C=O) groups is 2. The molecule has 8 heteroatoms. The molecule has 152 valence electrons. The summed E-state index contributed by atoms with van der Waals surface area (Å²) in [7, 11) is 0. The van der Waals surface area contributed by atoms with Gasteiger partial charge in [0.2, 0.25) is 5.78 Å². The van der Waals surface area contributed by atoms with Gasteiger partial charge in [0, 0.05) is 18.6 Å². The van der Waals surface area contributed by atoms with Gasteiger partial charge in [-0.05, 0) is 42.3 Å². The Morgan fingerprint density at radius 1 is 1.27 bits per heavy atom. The number of ether oxygens (including phenoxy) is 2. The molecule has 0 saturated carbocycles. The predicted octanol–water partition coefficient (Wildman–Crippen LogP) is 4.93. The number of carbonyl (C=O) groups excluding carboxylic acids is 2. The van der Waals surface area contributed by atoms with Crippen LogP contribution in [-0.2, 0) is 11.2 Å². The Labute approximate surface area is 175 Å². The van der Waals surface area contributed by atoms with Crippen molar-refractivity contribution in [1.82, 2.24) is 5.16 Å². The van der Waals surface area contributed by atoms with E-state index in [2.05, 4.69) is 5.16 Å². The van der Waals surface area contributed by atoms with Crippen molar-refractivity contribution in [2.75, 3.05) is 0 Å². The molecule has 0 N–H and O–H groups in total. The number of nitrogens with zero attached hydrogens (tertiary/aromatic N) is 1. The summed E-state index contributed by atoms with van der Waals surface area (Å²) in [6.07, 6.45) is 1.82. The monoisotopic (exact) mass is 427 g/mol. The molecular formula is C22H15ClFNO5. The van der Waals surface area contributed by atoms with Gasteiger partial charge in [-0.15, -0.1) is 0 Å². The number of esters is 1. The van der Waals surface area contributed by atoms with Gasteiger partial charge in [-0.3, -0.25) is 9.59 Å². The summed E-state index contributed by atoms with van der Waals surface area (Å²) in [6.45, 7) is 1.72. The topological polar surface area (TPSA) is 78.6 Å². The first-order chi connectivity index (χ1) is 14.4. The molecule has 0 unspecified atom stereocenters. The number of hydrogen-bond acceptors (Lipinski definition) is 6. The maximum absolute atomic E-state index is 13.4. The first-order valence-electron chi connectivity index (χ1n) is 9.05. The van der Waals surface area contributed by atoms with Crippen LogP contribution in [0.1, 0.15) is 33.7 Å². The Morgan fingerprint density at radius 3 is 2.83 bits per heavy atom. The van der Waals surface area contributed by atoms with Gasteiger partial charge in [0.05, 0.1) is 12.0 Å². The highest BCUT2D eigenvalue weighted by Gasteiger charge is 2.30. The summed E-state index contributed by atoms with van der Waals surface area (Å²) < 4.78 is 29.4. The SMILES string of the molecule is Cc1cc(OC(=O)CCc2cc(Cl)no2)cc2c1C(=O)/C(=C/c1cccc(F)c1)O2. The van der Waals surface area contributed by atoms with Crippen LogP contribution in [0, 0.1) is 12.7 Å². The van der Waals surface area contributed by atoms with E-state index in [4.69, 9.17) is 25.6 Å². The fourth-order valence-electron chi connectivity index (χ4n) is 3.10. The smallest absolute Gasteiger partial charge is 0.311 e. The van der Waals surface area contributed by atoms with Gasteiger partial charge < -0.3 is 14.0 Å². The van der Waals surface area contributed by atoms with Gasteiger partial charge in [-0.1, -0.05) is 28.9 Å². The van der Waals surface area contributed by atoms with Crippen LogP contribution in [-0.4, -0.2) is 16.9 Å². The van der Waals surface area contributed by atoms with Crippen molar-refractivity contribution in [3.05, 3.63) is 81.6 Å². The highest BCUT2D eigenvalue weighted by atomic mass is 35.5. The van der Waals surface area contributed by atoms with E-state index in [1.54, 1.807) is 25.1 Å². The minimum atomic E-state index is -0.485. The van der Waals surface area contributed by atoms with E-state index in [-0.39, 0.29) is 41.0 Å². The maximum Gasteiger partial charge on any atom is 0.311 e. The van der Waals surface area contributed by atoms with E-state index in [1.807, 2.05) is 0 Å². The van der Waals surface area contributed by atoms with Crippen LogP contribution in [0.4, 0.5) is 4.39 Å². The lowest BCUT2D eigenvalue weighted by molar-refractivity contribution is -0.134. The average Bonchev–Trinajstić information content (AvgIpc) is 3.23. The molecule has 2 aromatic carbocycles. The van der Waals surface area contributed by atoms with Crippen molar-refractivity contribution in [2.45, 2.75) is 19.8 Å². The number of benzene rings is 2. The first-order valence-corrected chi connectivity index (χ1v) is 9.43. The van der Waals surface area contributed by atoms with Gasteiger partial charge in [0.25, 0.3) is 0 Å². The molecule has 3 aromatic rings. The molecule has 0 fully saturated rings. The van der Waals surface area contributed by atoms with Crippen molar-refractivity contribution in [3.63, 3.8) is 0 Å². The fourth-order valence-corrected chi connectivity index (χ4v) is 3.25. The molecule has 1 aliphatic heterocycles. The van der Waals surface area contributed by atoms with Crippen LogP contribution in [0.5, 0.6) is 11.5 Å². The summed E-state index contributed by atoms with van der Waals surface area (Å²) in [4.78, 5) is 24.8. The van der Waals surface area contributed by atoms with Crippen LogP contribution in [0.25, 0.3) is 6.08 Å². The molecule has 4 rings (SSSR count). The predicted molar refractivity (Wildman–Crippen MR) is 106 cm³/mol. The third kappa shape index (κ3) is 4.26. The molecular weight excluding hydrogens is 413 g/mol. The standard InChI is InChI=1S/C22H15ClFNO5/c1-12-7-16(28-20(26)6-5-15-11-19(23)25-30-15)10-17-21(12)22(27)18(29-17)9-13-3-2-4-14(24)8-13/h2-4,7-11H,5-6H2,1H3/b18-9-. The normalized spacial score (nSPS) is 14.0. The Balaban J connectivity index is 1.49. The van der Waals surface area contributed by atoms with E-state index in [0.29, 0.717) is 22.5 Å². The Bertz CT molecular complexity index is 1180. The van der Waals surface area contributed by atoms with Crippen molar-refractivity contribution in [3.8, 4) is 11.5 Å². The molecule has 0 atom stereocenters. The lowest BCUT2D eigenvalue weighted by atomic mass is 10.0. The van der Waals surface area contributed by atoms with Crippen LogP contribution >= 0.6 is 11.6 Å². The Morgan fingerprint density at radius 2 is 2.10 bits per heavy atom. The van der Waals surface area contributed by atoms with Gasteiger partial charge in [-0.25, -0.2) is 4.39 Å². The number of ketones is 1. The van der Waals surface area contributed by atoms with E-state index < -0.39 is 11.8 Å². The van der Waals surface area contributed by atoms with Gasteiger partial charge in [0.15, 0.2) is 10.9 Å². The van der Waals surface area contributed by atoms with Crippen molar-refractivity contribution >= 4 is 29.4 Å². The average molecular weight is 428 g/mol. The van der Waals surface area contributed by atoms with E-state index in [0.717, 1.165) is 0 Å². The molecule has 0 bridgehead atoms. The zero-order valence-electron chi connectivity index (χ0n) is 15.8. The fraction of sp³-hybridized carbons (Fsp3) is 0.136. The van der Waals surface area contributed by atoms with E-state index >= 15 is 0 Å². The number of Topliss-reactive ketones (excluding diaryl/α,β-unsaturated/α-hetero) is 1. The molecule has 2 heterocycles. The third-order valence-corrected chi connectivity index (χ3v) is 4.61. The number of aryl methyl sites for hydroxylation is 2. The molecule has 1 aromatic heterocycles. The number of allylic oxidation sites excluding steroid dienone is 1. The van der Waals surface area contributed by atoms with Crippen LogP contribution in [0.3, 0.4) is 0 Å². The maximum atomic E-state index is 13.4. The molecule has 0 radical (unpaired) electrons. The number of rotatable bonds is 5. The Kier molecular flexibility index (Phi) is 5.37.